The number of rotatable bonds is 5. The Kier molecular flexibility index (Phi) is 3.51. The SMILES string of the molecule is CCNc1nc(NC(C)c2cccs2)c2cn[nH]c2n1. The molecule has 3 heterocycles. The molecule has 6 nitrogen and oxygen atoms in total. The van der Waals surface area contributed by atoms with Crippen molar-refractivity contribution in [2.45, 2.75) is 19.9 Å². The molecule has 104 valence electrons. The minimum Gasteiger partial charge on any atom is -0.362 e. The van der Waals surface area contributed by atoms with Crippen LogP contribution in [0.5, 0.6) is 0 Å². The van der Waals surface area contributed by atoms with Crippen molar-refractivity contribution < 1.29 is 0 Å². The largest absolute Gasteiger partial charge is 0.362 e. The first-order valence-corrected chi connectivity index (χ1v) is 7.41. The molecular weight excluding hydrogens is 272 g/mol. The van der Waals surface area contributed by atoms with Crippen molar-refractivity contribution in [1.29, 1.82) is 0 Å². The minimum absolute atomic E-state index is 0.192. The second-order valence-electron chi connectivity index (χ2n) is 4.44. The molecule has 0 radical (unpaired) electrons. The van der Waals surface area contributed by atoms with Gasteiger partial charge in [0.2, 0.25) is 5.95 Å². The lowest BCUT2D eigenvalue weighted by Crippen LogP contribution is -2.09. The number of H-pyrrole nitrogens is 1. The predicted molar refractivity (Wildman–Crippen MR) is 82.2 cm³/mol. The molecule has 7 heteroatoms. The molecule has 0 aliphatic heterocycles. The van der Waals surface area contributed by atoms with Crippen molar-refractivity contribution >= 4 is 34.1 Å². The Hall–Kier alpha value is -2.15. The normalized spacial score (nSPS) is 12.5. The zero-order valence-electron chi connectivity index (χ0n) is 11.3. The van der Waals surface area contributed by atoms with Crippen LogP contribution in [0.4, 0.5) is 11.8 Å². The van der Waals surface area contributed by atoms with Gasteiger partial charge in [0.15, 0.2) is 5.65 Å². The number of thiophene rings is 1. The quantitative estimate of drug-likeness (QED) is 0.672. The molecule has 0 aliphatic rings. The highest BCUT2D eigenvalue weighted by atomic mass is 32.1. The van der Waals surface area contributed by atoms with E-state index in [9.17, 15) is 0 Å². The molecule has 0 saturated heterocycles. The van der Waals surface area contributed by atoms with Gasteiger partial charge in [-0.2, -0.15) is 15.1 Å². The Balaban J connectivity index is 1.94. The molecule has 1 unspecified atom stereocenters. The first kappa shape index (κ1) is 12.9. The van der Waals surface area contributed by atoms with Gasteiger partial charge in [-0.3, -0.25) is 5.10 Å². The van der Waals surface area contributed by atoms with E-state index in [1.165, 1.54) is 4.88 Å². The molecule has 1 atom stereocenters. The van der Waals surface area contributed by atoms with Crippen molar-refractivity contribution in [3.05, 3.63) is 28.6 Å². The van der Waals surface area contributed by atoms with Crippen molar-refractivity contribution in [2.24, 2.45) is 0 Å². The minimum atomic E-state index is 0.192. The topological polar surface area (TPSA) is 78.5 Å². The molecule has 0 fully saturated rings. The average Bonchev–Trinajstić information content (AvgIpc) is 3.10. The second-order valence-corrected chi connectivity index (χ2v) is 5.42. The molecule has 0 spiro atoms. The highest BCUT2D eigenvalue weighted by Crippen LogP contribution is 2.26. The number of hydrogen-bond donors (Lipinski definition) is 3. The zero-order chi connectivity index (χ0) is 13.9. The molecule has 0 aliphatic carbocycles. The van der Waals surface area contributed by atoms with Crippen molar-refractivity contribution in [3.8, 4) is 0 Å². The van der Waals surface area contributed by atoms with Crippen LogP contribution in [0, 0.1) is 0 Å². The number of nitrogens with one attached hydrogen (secondary N) is 3. The van der Waals surface area contributed by atoms with E-state index < -0.39 is 0 Å². The third-order valence-corrected chi connectivity index (χ3v) is 4.02. The van der Waals surface area contributed by atoms with Crippen LogP contribution in [0.1, 0.15) is 24.8 Å². The number of nitrogens with zero attached hydrogens (tertiary/aromatic N) is 3. The van der Waals surface area contributed by atoms with Gasteiger partial charge in [0.05, 0.1) is 17.6 Å². The lowest BCUT2D eigenvalue weighted by atomic mass is 10.2. The number of hydrogen-bond acceptors (Lipinski definition) is 6. The summed E-state index contributed by atoms with van der Waals surface area (Å²) in [5.74, 6) is 1.39. The third kappa shape index (κ3) is 2.44. The maximum Gasteiger partial charge on any atom is 0.226 e. The number of fused-ring (bicyclic) bond motifs is 1. The lowest BCUT2D eigenvalue weighted by Gasteiger charge is -2.14. The van der Waals surface area contributed by atoms with Gasteiger partial charge in [0, 0.05) is 11.4 Å². The predicted octanol–water partition coefficient (Wildman–Crippen LogP) is 3.02. The molecular formula is C13H16N6S. The highest BCUT2D eigenvalue weighted by molar-refractivity contribution is 7.10. The first-order chi connectivity index (χ1) is 9.78. The van der Waals surface area contributed by atoms with Crippen LogP contribution in [0.3, 0.4) is 0 Å². The molecule has 3 aromatic rings. The molecule has 3 N–H and O–H groups in total. The fourth-order valence-electron chi connectivity index (χ4n) is 2.00. The zero-order valence-corrected chi connectivity index (χ0v) is 12.2. The van der Waals surface area contributed by atoms with E-state index in [2.05, 4.69) is 55.2 Å². The fraction of sp³-hybridized carbons (Fsp3) is 0.308. The van der Waals surface area contributed by atoms with Gasteiger partial charge in [-0.25, -0.2) is 0 Å². The molecule has 3 aromatic heterocycles. The van der Waals surface area contributed by atoms with Gasteiger partial charge in [-0.1, -0.05) is 6.07 Å². The second kappa shape index (κ2) is 5.46. The highest BCUT2D eigenvalue weighted by Gasteiger charge is 2.13. The molecule has 0 amide bonds. The Morgan fingerprint density at radius 2 is 2.30 bits per heavy atom. The van der Waals surface area contributed by atoms with Gasteiger partial charge in [0.1, 0.15) is 5.82 Å². The van der Waals surface area contributed by atoms with Crippen LogP contribution in [0.15, 0.2) is 23.7 Å². The number of aromatic amines is 1. The van der Waals surface area contributed by atoms with Gasteiger partial charge in [0.25, 0.3) is 0 Å². The van der Waals surface area contributed by atoms with Crippen LogP contribution >= 0.6 is 11.3 Å². The van der Waals surface area contributed by atoms with Gasteiger partial charge in [-0.05, 0) is 25.3 Å². The summed E-state index contributed by atoms with van der Waals surface area (Å²) in [4.78, 5) is 10.2. The average molecular weight is 288 g/mol. The summed E-state index contributed by atoms with van der Waals surface area (Å²) in [6.45, 7) is 4.91. The molecule has 20 heavy (non-hydrogen) atoms. The van der Waals surface area contributed by atoms with Crippen LogP contribution in [0.2, 0.25) is 0 Å². The van der Waals surface area contributed by atoms with E-state index in [4.69, 9.17) is 0 Å². The number of anilines is 2. The lowest BCUT2D eigenvalue weighted by molar-refractivity contribution is 0.897. The molecule has 3 rings (SSSR count). The van der Waals surface area contributed by atoms with Gasteiger partial charge >= 0.3 is 0 Å². The van der Waals surface area contributed by atoms with Gasteiger partial charge < -0.3 is 10.6 Å². The Labute approximate surface area is 120 Å². The van der Waals surface area contributed by atoms with Crippen molar-refractivity contribution in [1.82, 2.24) is 20.2 Å². The van der Waals surface area contributed by atoms with E-state index in [1.54, 1.807) is 17.5 Å². The molecule has 0 bridgehead atoms. The Morgan fingerprint density at radius 3 is 3.05 bits per heavy atom. The summed E-state index contributed by atoms with van der Waals surface area (Å²) in [5, 5.41) is 16.5. The Morgan fingerprint density at radius 1 is 1.40 bits per heavy atom. The van der Waals surface area contributed by atoms with E-state index in [0.29, 0.717) is 5.95 Å². The van der Waals surface area contributed by atoms with E-state index in [1.807, 2.05) is 6.92 Å². The summed E-state index contributed by atoms with van der Waals surface area (Å²) in [6, 6.07) is 4.36. The monoisotopic (exact) mass is 288 g/mol. The van der Waals surface area contributed by atoms with Crippen LogP contribution in [-0.4, -0.2) is 26.7 Å². The van der Waals surface area contributed by atoms with Crippen LogP contribution in [-0.2, 0) is 0 Å². The fourth-order valence-corrected chi connectivity index (χ4v) is 2.73. The van der Waals surface area contributed by atoms with Crippen molar-refractivity contribution in [2.75, 3.05) is 17.2 Å². The third-order valence-electron chi connectivity index (χ3n) is 2.97. The summed E-state index contributed by atoms with van der Waals surface area (Å²) < 4.78 is 0. The van der Waals surface area contributed by atoms with Crippen LogP contribution in [0.25, 0.3) is 11.0 Å². The van der Waals surface area contributed by atoms with E-state index >= 15 is 0 Å². The van der Waals surface area contributed by atoms with Gasteiger partial charge in [-0.15, -0.1) is 11.3 Å². The summed E-state index contributed by atoms with van der Waals surface area (Å²) >= 11 is 1.73. The van der Waals surface area contributed by atoms with Crippen molar-refractivity contribution in [3.63, 3.8) is 0 Å². The summed E-state index contributed by atoms with van der Waals surface area (Å²) in [5.41, 5.74) is 0.733. The number of aromatic nitrogens is 4. The standard InChI is InChI=1S/C13H16N6S/c1-3-14-13-17-11(9-7-15-19-12(9)18-13)16-8(2)10-5-4-6-20-10/h4-8H,3H2,1-2H3,(H3,14,15,16,17,18,19). The smallest absolute Gasteiger partial charge is 0.226 e. The van der Waals surface area contributed by atoms with E-state index in [0.717, 1.165) is 23.4 Å². The maximum absolute atomic E-state index is 4.52. The molecule has 0 saturated carbocycles. The summed E-state index contributed by atoms with van der Waals surface area (Å²) in [7, 11) is 0. The van der Waals surface area contributed by atoms with Crippen LogP contribution < -0.4 is 10.6 Å². The summed E-state index contributed by atoms with van der Waals surface area (Å²) in [6.07, 6.45) is 1.74. The van der Waals surface area contributed by atoms with E-state index in [-0.39, 0.29) is 6.04 Å². The molecule has 0 aromatic carbocycles. The first-order valence-electron chi connectivity index (χ1n) is 6.53. The maximum atomic E-state index is 4.52. The Bertz CT molecular complexity index is 690.